The Bertz CT molecular complexity index is 591. The number of aryl methyl sites for hydroxylation is 1. The number of hydrogen-bond donors (Lipinski definition) is 1. The molecule has 2 aromatic rings. The zero-order valence-corrected chi connectivity index (χ0v) is 12.4. The molecular formula is C15H21N3O2. The van der Waals surface area contributed by atoms with Gasteiger partial charge >= 0.3 is 0 Å². The number of nitrogens with zero attached hydrogens (tertiary/aromatic N) is 2. The first kappa shape index (κ1) is 14.7. The van der Waals surface area contributed by atoms with Crippen LogP contribution in [0.5, 0.6) is 0 Å². The number of benzene rings is 1. The van der Waals surface area contributed by atoms with Crippen LogP contribution in [-0.2, 0) is 10.3 Å². The summed E-state index contributed by atoms with van der Waals surface area (Å²) in [4.78, 5) is 4.42. The highest BCUT2D eigenvalue weighted by atomic mass is 16.5. The van der Waals surface area contributed by atoms with Gasteiger partial charge in [-0.25, -0.2) is 0 Å². The lowest BCUT2D eigenvalue weighted by molar-refractivity contribution is 0.0962. The molecule has 0 radical (unpaired) electrons. The molecule has 0 amide bonds. The molecule has 1 aromatic heterocycles. The van der Waals surface area contributed by atoms with Crippen LogP contribution in [0.2, 0.25) is 0 Å². The summed E-state index contributed by atoms with van der Waals surface area (Å²) in [7, 11) is 0. The Morgan fingerprint density at radius 1 is 1.35 bits per heavy atom. The summed E-state index contributed by atoms with van der Waals surface area (Å²) in [5.74, 6) is 0.955. The number of ether oxygens (including phenoxy) is 1. The highest BCUT2D eigenvalue weighted by molar-refractivity contribution is 5.60. The molecule has 0 aliphatic rings. The minimum Gasteiger partial charge on any atom is -0.379 e. The van der Waals surface area contributed by atoms with Gasteiger partial charge in [-0.3, -0.25) is 0 Å². The molecule has 0 bridgehead atoms. The van der Waals surface area contributed by atoms with Crippen LogP contribution in [-0.4, -0.2) is 23.4 Å². The monoisotopic (exact) mass is 275 g/mol. The van der Waals surface area contributed by atoms with Gasteiger partial charge in [0.25, 0.3) is 5.89 Å². The second kappa shape index (κ2) is 5.73. The zero-order valence-electron chi connectivity index (χ0n) is 12.4. The smallest absolute Gasteiger partial charge is 0.258 e. The molecule has 0 saturated heterocycles. The zero-order chi connectivity index (χ0) is 14.8. The molecule has 0 aliphatic heterocycles. The first-order valence-corrected chi connectivity index (χ1v) is 6.73. The van der Waals surface area contributed by atoms with Gasteiger partial charge in [-0.15, -0.1) is 0 Å². The summed E-state index contributed by atoms with van der Waals surface area (Å²) in [5.41, 5.74) is 8.68. The van der Waals surface area contributed by atoms with Crippen molar-refractivity contribution in [3.05, 3.63) is 35.2 Å². The Morgan fingerprint density at radius 2 is 2.10 bits per heavy atom. The Labute approximate surface area is 119 Å². The van der Waals surface area contributed by atoms with Gasteiger partial charge < -0.3 is 15.0 Å². The van der Waals surface area contributed by atoms with E-state index < -0.39 is 5.54 Å². The van der Waals surface area contributed by atoms with E-state index in [1.807, 2.05) is 32.9 Å². The van der Waals surface area contributed by atoms with Crippen LogP contribution in [0.4, 0.5) is 0 Å². The molecule has 1 heterocycles. The fraction of sp³-hybridized carbons (Fsp3) is 0.467. The summed E-state index contributed by atoms with van der Waals surface area (Å²) in [6, 6.07) is 6.00. The molecule has 0 aliphatic carbocycles. The Hall–Kier alpha value is -1.72. The van der Waals surface area contributed by atoms with Crippen LogP contribution in [0.25, 0.3) is 11.5 Å². The van der Waals surface area contributed by atoms with Gasteiger partial charge in [0.2, 0.25) is 0 Å². The molecule has 0 saturated carbocycles. The molecule has 0 fully saturated rings. The third kappa shape index (κ3) is 2.89. The molecule has 1 aromatic carbocycles. The molecule has 1 unspecified atom stereocenters. The summed E-state index contributed by atoms with van der Waals surface area (Å²) in [6.07, 6.45) is 0. The van der Waals surface area contributed by atoms with Gasteiger partial charge in [0.1, 0.15) is 5.54 Å². The maximum atomic E-state index is 6.17. The highest BCUT2D eigenvalue weighted by Crippen LogP contribution is 2.25. The number of nitrogens with two attached hydrogens (primary N) is 1. The third-order valence-electron chi connectivity index (χ3n) is 3.38. The van der Waals surface area contributed by atoms with Crippen LogP contribution in [0, 0.1) is 13.8 Å². The molecule has 108 valence electrons. The van der Waals surface area contributed by atoms with E-state index in [0.717, 1.165) is 11.1 Å². The SMILES string of the molecule is CCOCC(C)(N)c1noc(-c2cccc(C)c2C)n1. The van der Waals surface area contributed by atoms with E-state index in [1.165, 1.54) is 5.56 Å². The fourth-order valence-electron chi connectivity index (χ4n) is 1.93. The van der Waals surface area contributed by atoms with Crippen LogP contribution >= 0.6 is 0 Å². The van der Waals surface area contributed by atoms with E-state index in [1.54, 1.807) is 0 Å². The minimum atomic E-state index is -0.754. The summed E-state index contributed by atoms with van der Waals surface area (Å²) < 4.78 is 10.7. The summed E-state index contributed by atoms with van der Waals surface area (Å²) in [6.45, 7) is 8.81. The summed E-state index contributed by atoms with van der Waals surface area (Å²) in [5, 5.41) is 4.00. The summed E-state index contributed by atoms with van der Waals surface area (Å²) >= 11 is 0. The van der Waals surface area contributed by atoms with Crippen molar-refractivity contribution in [2.24, 2.45) is 5.73 Å². The molecule has 2 N–H and O–H groups in total. The fourth-order valence-corrected chi connectivity index (χ4v) is 1.93. The van der Waals surface area contributed by atoms with Crippen molar-refractivity contribution >= 4 is 0 Å². The first-order valence-electron chi connectivity index (χ1n) is 6.73. The van der Waals surface area contributed by atoms with E-state index in [0.29, 0.717) is 24.9 Å². The van der Waals surface area contributed by atoms with E-state index in [4.69, 9.17) is 15.0 Å². The Balaban J connectivity index is 2.31. The lowest BCUT2D eigenvalue weighted by Gasteiger charge is -2.19. The quantitative estimate of drug-likeness (QED) is 0.907. The number of hydrogen-bond acceptors (Lipinski definition) is 5. The van der Waals surface area contributed by atoms with Gasteiger partial charge in [0.05, 0.1) is 6.61 Å². The molecule has 0 spiro atoms. The molecule has 2 rings (SSSR count). The predicted octanol–water partition coefficient (Wildman–Crippen LogP) is 2.56. The molecule has 5 nitrogen and oxygen atoms in total. The average molecular weight is 275 g/mol. The molecular weight excluding hydrogens is 254 g/mol. The van der Waals surface area contributed by atoms with Crippen molar-refractivity contribution in [1.82, 2.24) is 10.1 Å². The largest absolute Gasteiger partial charge is 0.379 e. The minimum absolute atomic E-state index is 0.356. The maximum absolute atomic E-state index is 6.17. The van der Waals surface area contributed by atoms with Crippen molar-refractivity contribution in [3.63, 3.8) is 0 Å². The van der Waals surface area contributed by atoms with Crippen molar-refractivity contribution in [2.75, 3.05) is 13.2 Å². The standard InChI is InChI=1S/C15H21N3O2/c1-5-19-9-15(4,16)14-17-13(20-18-14)12-8-6-7-10(2)11(12)3/h6-8H,5,9,16H2,1-4H3. The second-order valence-electron chi connectivity index (χ2n) is 5.23. The van der Waals surface area contributed by atoms with Crippen molar-refractivity contribution < 1.29 is 9.26 Å². The molecule has 5 heteroatoms. The lowest BCUT2D eigenvalue weighted by Crippen LogP contribution is -2.39. The van der Waals surface area contributed by atoms with E-state index >= 15 is 0 Å². The van der Waals surface area contributed by atoms with Crippen LogP contribution in [0.3, 0.4) is 0 Å². The van der Waals surface area contributed by atoms with E-state index in [-0.39, 0.29) is 0 Å². The van der Waals surface area contributed by atoms with Gasteiger partial charge in [0, 0.05) is 12.2 Å². The maximum Gasteiger partial charge on any atom is 0.258 e. The van der Waals surface area contributed by atoms with Gasteiger partial charge in [-0.1, -0.05) is 17.3 Å². The molecule has 20 heavy (non-hydrogen) atoms. The second-order valence-corrected chi connectivity index (χ2v) is 5.23. The van der Waals surface area contributed by atoms with Gasteiger partial charge in [-0.05, 0) is 44.9 Å². The Morgan fingerprint density at radius 3 is 2.80 bits per heavy atom. The van der Waals surface area contributed by atoms with Crippen molar-refractivity contribution in [3.8, 4) is 11.5 Å². The van der Waals surface area contributed by atoms with Gasteiger partial charge in [0.15, 0.2) is 5.82 Å². The van der Waals surface area contributed by atoms with Crippen LogP contribution in [0.1, 0.15) is 30.8 Å². The van der Waals surface area contributed by atoms with Crippen molar-refractivity contribution in [2.45, 2.75) is 33.2 Å². The highest BCUT2D eigenvalue weighted by Gasteiger charge is 2.28. The van der Waals surface area contributed by atoms with E-state index in [2.05, 4.69) is 23.1 Å². The Kier molecular flexibility index (Phi) is 4.20. The van der Waals surface area contributed by atoms with E-state index in [9.17, 15) is 0 Å². The average Bonchev–Trinajstić information content (AvgIpc) is 2.90. The number of aromatic nitrogens is 2. The lowest BCUT2D eigenvalue weighted by atomic mass is 10.0. The number of rotatable bonds is 5. The predicted molar refractivity (Wildman–Crippen MR) is 77.2 cm³/mol. The van der Waals surface area contributed by atoms with Gasteiger partial charge in [-0.2, -0.15) is 4.98 Å². The normalized spacial score (nSPS) is 14.2. The third-order valence-corrected chi connectivity index (χ3v) is 3.38. The topological polar surface area (TPSA) is 74.2 Å². The molecule has 1 atom stereocenters. The van der Waals surface area contributed by atoms with Crippen molar-refractivity contribution in [1.29, 1.82) is 0 Å². The first-order chi connectivity index (χ1) is 9.45. The van der Waals surface area contributed by atoms with Crippen LogP contribution < -0.4 is 5.73 Å². The van der Waals surface area contributed by atoms with Crippen LogP contribution in [0.15, 0.2) is 22.7 Å².